The molecule has 1 aromatic carbocycles. The number of hydrogen-bond acceptors (Lipinski definition) is 2. The first kappa shape index (κ1) is 12.8. The first-order valence-electron chi connectivity index (χ1n) is 6.58. The van der Waals surface area contributed by atoms with Gasteiger partial charge in [0.2, 0.25) is 0 Å². The van der Waals surface area contributed by atoms with Crippen molar-refractivity contribution in [2.45, 2.75) is 38.9 Å². The number of aromatic nitrogens is 2. The highest BCUT2D eigenvalue weighted by molar-refractivity contribution is 5.18. The van der Waals surface area contributed by atoms with E-state index < -0.39 is 0 Å². The second-order valence-corrected chi connectivity index (χ2v) is 4.67. The fourth-order valence-electron chi connectivity index (χ4n) is 2.22. The van der Waals surface area contributed by atoms with Crippen molar-refractivity contribution in [1.82, 2.24) is 15.1 Å². The van der Waals surface area contributed by atoms with Gasteiger partial charge in [-0.15, -0.1) is 0 Å². The van der Waals surface area contributed by atoms with Crippen LogP contribution >= 0.6 is 0 Å². The van der Waals surface area contributed by atoms with Gasteiger partial charge in [0.05, 0.1) is 6.54 Å². The fourth-order valence-corrected chi connectivity index (χ4v) is 2.22. The number of rotatable bonds is 6. The zero-order chi connectivity index (χ0) is 12.8. The predicted octanol–water partition coefficient (Wildman–Crippen LogP) is 3.01. The monoisotopic (exact) mass is 243 g/mol. The van der Waals surface area contributed by atoms with Crippen molar-refractivity contribution < 1.29 is 0 Å². The van der Waals surface area contributed by atoms with Crippen LogP contribution in [-0.4, -0.2) is 15.8 Å². The molecule has 0 radical (unpaired) electrons. The van der Waals surface area contributed by atoms with Gasteiger partial charge in [0.15, 0.2) is 0 Å². The number of nitrogens with zero attached hydrogens (tertiary/aromatic N) is 2. The van der Waals surface area contributed by atoms with E-state index in [1.165, 1.54) is 5.56 Å². The third-order valence-corrected chi connectivity index (χ3v) is 3.12. The summed E-state index contributed by atoms with van der Waals surface area (Å²) in [4.78, 5) is 0. The smallest absolute Gasteiger partial charge is 0.0560 e. The summed E-state index contributed by atoms with van der Waals surface area (Å²) >= 11 is 0. The van der Waals surface area contributed by atoms with E-state index in [0.717, 1.165) is 13.0 Å². The Balaban J connectivity index is 1.94. The SMILES string of the molecule is CC[C@@H](N[C@@H](C)Cn1cccn1)c1ccccc1. The molecular formula is C15H21N3. The van der Waals surface area contributed by atoms with Gasteiger partial charge >= 0.3 is 0 Å². The van der Waals surface area contributed by atoms with Crippen molar-refractivity contribution in [1.29, 1.82) is 0 Å². The highest BCUT2D eigenvalue weighted by Gasteiger charge is 2.12. The molecule has 1 heterocycles. The molecule has 0 aliphatic heterocycles. The van der Waals surface area contributed by atoms with Crippen molar-refractivity contribution >= 4 is 0 Å². The van der Waals surface area contributed by atoms with Gasteiger partial charge in [-0.1, -0.05) is 37.3 Å². The molecule has 0 bridgehead atoms. The van der Waals surface area contributed by atoms with Crippen molar-refractivity contribution in [2.24, 2.45) is 0 Å². The molecule has 0 aliphatic carbocycles. The Morgan fingerprint density at radius 2 is 2.00 bits per heavy atom. The minimum atomic E-state index is 0.398. The Kier molecular flexibility index (Phi) is 4.53. The van der Waals surface area contributed by atoms with Crippen LogP contribution in [0.1, 0.15) is 31.9 Å². The molecule has 0 unspecified atom stereocenters. The summed E-state index contributed by atoms with van der Waals surface area (Å²) < 4.78 is 1.97. The van der Waals surface area contributed by atoms with Gasteiger partial charge in [0, 0.05) is 24.5 Å². The topological polar surface area (TPSA) is 29.9 Å². The molecule has 3 heteroatoms. The summed E-state index contributed by atoms with van der Waals surface area (Å²) in [5.41, 5.74) is 1.35. The first-order chi connectivity index (χ1) is 8.79. The highest BCUT2D eigenvalue weighted by Crippen LogP contribution is 2.16. The quantitative estimate of drug-likeness (QED) is 0.845. The summed E-state index contributed by atoms with van der Waals surface area (Å²) in [5.74, 6) is 0. The molecule has 0 saturated carbocycles. The van der Waals surface area contributed by atoms with E-state index >= 15 is 0 Å². The molecule has 2 aromatic rings. The minimum absolute atomic E-state index is 0.398. The average Bonchev–Trinajstić information content (AvgIpc) is 2.90. The van der Waals surface area contributed by atoms with Gasteiger partial charge in [-0.2, -0.15) is 5.10 Å². The molecule has 0 fully saturated rings. The molecule has 0 aliphatic rings. The van der Waals surface area contributed by atoms with Gasteiger partial charge in [-0.05, 0) is 25.0 Å². The lowest BCUT2D eigenvalue weighted by atomic mass is 10.0. The zero-order valence-electron chi connectivity index (χ0n) is 11.1. The van der Waals surface area contributed by atoms with Crippen LogP contribution in [0.25, 0.3) is 0 Å². The van der Waals surface area contributed by atoms with Gasteiger partial charge in [0.1, 0.15) is 0 Å². The normalized spacial score (nSPS) is 14.3. The minimum Gasteiger partial charge on any atom is -0.306 e. The molecule has 2 rings (SSSR count). The van der Waals surface area contributed by atoms with Crippen LogP contribution < -0.4 is 5.32 Å². The van der Waals surface area contributed by atoms with Crippen molar-refractivity contribution in [3.63, 3.8) is 0 Å². The Bertz CT molecular complexity index is 436. The Hall–Kier alpha value is -1.61. The summed E-state index contributed by atoms with van der Waals surface area (Å²) in [6, 6.07) is 13.4. The number of benzene rings is 1. The molecule has 3 nitrogen and oxygen atoms in total. The van der Waals surface area contributed by atoms with Crippen LogP contribution in [-0.2, 0) is 6.54 Å². The maximum atomic E-state index is 4.24. The number of hydrogen-bond donors (Lipinski definition) is 1. The average molecular weight is 243 g/mol. The van der Waals surface area contributed by atoms with Crippen LogP contribution in [0.4, 0.5) is 0 Å². The highest BCUT2D eigenvalue weighted by atomic mass is 15.3. The zero-order valence-corrected chi connectivity index (χ0v) is 11.1. The van der Waals surface area contributed by atoms with Gasteiger partial charge in [-0.25, -0.2) is 0 Å². The van der Waals surface area contributed by atoms with E-state index in [1.54, 1.807) is 0 Å². The Morgan fingerprint density at radius 1 is 1.22 bits per heavy atom. The lowest BCUT2D eigenvalue weighted by molar-refractivity contribution is 0.393. The van der Waals surface area contributed by atoms with E-state index in [0.29, 0.717) is 12.1 Å². The van der Waals surface area contributed by atoms with Crippen LogP contribution in [0.2, 0.25) is 0 Å². The second kappa shape index (κ2) is 6.36. The molecule has 96 valence electrons. The van der Waals surface area contributed by atoms with Gasteiger partial charge in [-0.3, -0.25) is 4.68 Å². The van der Waals surface area contributed by atoms with Crippen LogP contribution in [0, 0.1) is 0 Å². The Labute approximate surface area is 109 Å². The van der Waals surface area contributed by atoms with E-state index in [4.69, 9.17) is 0 Å². The summed E-state index contributed by atoms with van der Waals surface area (Å²) in [6.07, 6.45) is 4.91. The van der Waals surface area contributed by atoms with Crippen molar-refractivity contribution in [3.8, 4) is 0 Å². The molecule has 1 aromatic heterocycles. The fraction of sp³-hybridized carbons (Fsp3) is 0.400. The molecular weight excluding hydrogens is 222 g/mol. The van der Waals surface area contributed by atoms with Gasteiger partial charge in [0.25, 0.3) is 0 Å². The molecule has 0 spiro atoms. The Morgan fingerprint density at radius 3 is 2.61 bits per heavy atom. The third-order valence-electron chi connectivity index (χ3n) is 3.12. The molecule has 0 saturated heterocycles. The molecule has 2 atom stereocenters. The second-order valence-electron chi connectivity index (χ2n) is 4.67. The van der Waals surface area contributed by atoms with Gasteiger partial charge < -0.3 is 5.32 Å². The maximum absolute atomic E-state index is 4.24. The summed E-state index contributed by atoms with van der Waals surface area (Å²) in [5, 5.41) is 7.90. The third kappa shape index (κ3) is 3.44. The summed E-state index contributed by atoms with van der Waals surface area (Å²) in [6.45, 7) is 5.31. The van der Waals surface area contributed by atoms with Crippen LogP contribution in [0.15, 0.2) is 48.8 Å². The summed E-state index contributed by atoms with van der Waals surface area (Å²) in [7, 11) is 0. The van der Waals surface area contributed by atoms with Crippen LogP contribution in [0.3, 0.4) is 0 Å². The first-order valence-corrected chi connectivity index (χ1v) is 6.58. The van der Waals surface area contributed by atoms with E-state index in [-0.39, 0.29) is 0 Å². The predicted molar refractivity (Wildman–Crippen MR) is 74.3 cm³/mol. The maximum Gasteiger partial charge on any atom is 0.0560 e. The van der Waals surface area contributed by atoms with Crippen molar-refractivity contribution in [3.05, 3.63) is 54.4 Å². The van der Waals surface area contributed by atoms with E-state index in [2.05, 4.69) is 54.6 Å². The lowest BCUT2D eigenvalue weighted by Gasteiger charge is -2.22. The largest absolute Gasteiger partial charge is 0.306 e. The van der Waals surface area contributed by atoms with Crippen molar-refractivity contribution in [2.75, 3.05) is 0 Å². The number of nitrogens with one attached hydrogen (secondary N) is 1. The molecule has 1 N–H and O–H groups in total. The van der Waals surface area contributed by atoms with E-state index in [9.17, 15) is 0 Å². The molecule has 18 heavy (non-hydrogen) atoms. The van der Waals surface area contributed by atoms with Crippen LogP contribution in [0.5, 0.6) is 0 Å². The van der Waals surface area contributed by atoms with E-state index in [1.807, 2.05) is 23.1 Å². The molecule has 0 amide bonds. The lowest BCUT2D eigenvalue weighted by Crippen LogP contribution is -2.33. The standard InChI is InChI=1S/C15H21N3/c1-3-15(14-8-5-4-6-9-14)17-13(2)12-18-11-7-10-16-18/h4-11,13,15,17H,3,12H2,1-2H3/t13-,15+/m0/s1.